The molecule has 4 nitrogen and oxygen atoms in total. The largest absolute Gasteiger partial charge is 0.296 e. The molecule has 0 bridgehead atoms. The summed E-state index contributed by atoms with van der Waals surface area (Å²) >= 11 is 0. The Morgan fingerprint density at radius 2 is 1.75 bits per heavy atom. The van der Waals surface area contributed by atoms with Gasteiger partial charge in [0.05, 0.1) is 12.2 Å². The van der Waals surface area contributed by atoms with Crippen LogP contribution in [0.15, 0.2) is 24.3 Å². The van der Waals surface area contributed by atoms with Gasteiger partial charge in [0.2, 0.25) is 0 Å². The van der Waals surface area contributed by atoms with E-state index in [4.69, 9.17) is 0 Å². The van der Waals surface area contributed by atoms with E-state index in [0.717, 1.165) is 12.0 Å². The lowest BCUT2D eigenvalue weighted by molar-refractivity contribution is 0.111. The molecule has 0 N–H and O–H groups in total. The SMILES string of the molecule is CC(C)c1ccc(Cn2nnc(C=O)c2C(C)C)cc1. The first-order valence-corrected chi connectivity index (χ1v) is 7.00. The minimum absolute atomic E-state index is 0.222. The average molecular weight is 271 g/mol. The molecule has 0 saturated carbocycles. The van der Waals surface area contributed by atoms with E-state index in [9.17, 15) is 4.79 Å². The number of nitrogens with zero attached hydrogens (tertiary/aromatic N) is 3. The Bertz CT molecular complexity index is 582. The molecule has 4 heteroatoms. The Balaban J connectivity index is 2.26. The fourth-order valence-corrected chi connectivity index (χ4v) is 2.31. The third-order valence-corrected chi connectivity index (χ3v) is 3.44. The second-order valence-electron chi connectivity index (χ2n) is 5.69. The molecule has 20 heavy (non-hydrogen) atoms. The van der Waals surface area contributed by atoms with Crippen molar-refractivity contribution < 1.29 is 4.79 Å². The van der Waals surface area contributed by atoms with Crippen LogP contribution in [0, 0.1) is 0 Å². The van der Waals surface area contributed by atoms with Gasteiger partial charge in [-0.3, -0.25) is 4.79 Å². The van der Waals surface area contributed by atoms with E-state index >= 15 is 0 Å². The maximum Gasteiger partial charge on any atom is 0.172 e. The molecule has 0 amide bonds. The molecule has 0 fully saturated rings. The van der Waals surface area contributed by atoms with E-state index in [0.29, 0.717) is 18.2 Å². The molecule has 1 aromatic heterocycles. The molecule has 0 aliphatic heterocycles. The molecule has 0 radical (unpaired) electrons. The first kappa shape index (κ1) is 14.4. The lowest BCUT2D eigenvalue weighted by atomic mass is 10.0. The van der Waals surface area contributed by atoms with Crippen molar-refractivity contribution in [1.29, 1.82) is 0 Å². The number of aldehydes is 1. The highest BCUT2D eigenvalue weighted by molar-refractivity contribution is 5.73. The van der Waals surface area contributed by atoms with Crippen molar-refractivity contribution in [3.8, 4) is 0 Å². The third kappa shape index (κ3) is 2.95. The average Bonchev–Trinajstić information content (AvgIpc) is 2.82. The van der Waals surface area contributed by atoms with Crippen LogP contribution in [0.4, 0.5) is 0 Å². The highest BCUT2D eigenvalue weighted by Crippen LogP contribution is 2.19. The van der Waals surface area contributed by atoms with Crippen molar-refractivity contribution in [3.05, 3.63) is 46.8 Å². The second kappa shape index (κ2) is 5.99. The van der Waals surface area contributed by atoms with Crippen molar-refractivity contribution in [2.75, 3.05) is 0 Å². The van der Waals surface area contributed by atoms with E-state index in [1.54, 1.807) is 0 Å². The second-order valence-corrected chi connectivity index (χ2v) is 5.69. The first-order chi connectivity index (χ1) is 9.52. The summed E-state index contributed by atoms with van der Waals surface area (Å²) in [7, 11) is 0. The number of aromatic nitrogens is 3. The maximum absolute atomic E-state index is 11.0. The van der Waals surface area contributed by atoms with Crippen LogP contribution in [0.1, 0.15) is 66.8 Å². The lowest BCUT2D eigenvalue weighted by Gasteiger charge is -2.11. The smallest absolute Gasteiger partial charge is 0.172 e. The van der Waals surface area contributed by atoms with Crippen molar-refractivity contribution >= 4 is 6.29 Å². The first-order valence-electron chi connectivity index (χ1n) is 7.00. The van der Waals surface area contributed by atoms with Crippen LogP contribution in [0.3, 0.4) is 0 Å². The number of carbonyl (C=O) groups excluding carboxylic acids is 1. The highest BCUT2D eigenvalue weighted by Gasteiger charge is 2.15. The maximum atomic E-state index is 11.0. The molecular weight excluding hydrogens is 250 g/mol. The molecule has 1 heterocycles. The summed E-state index contributed by atoms with van der Waals surface area (Å²) in [5, 5.41) is 8.04. The molecule has 0 unspecified atom stereocenters. The minimum atomic E-state index is 0.222. The number of rotatable bonds is 5. The van der Waals surface area contributed by atoms with Crippen molar-refractivity contribution in [2.45, 2.75) is 46.1 Å². The summed E-state index contributed by atoms with van der Waals surface area (Å²) < 4.78 is 1.82. The summed E-state index contributed by atoms with van der Waals surface area (Å²) in [6.45, 7) is 9.10. The Morgan fingerprint density at radius 1 is 1.10 bits per heavy atom. The third-order valence-electron chi connectivity index (χ3n) is 3.44. The van der Waals surface area contributed by atoms with Crippen molar-refractivity contribution in [2.24, 2.45) is 0 Å². The van der Waals surface area contributed by atoms with Crippen LogP contribution in [0.5, 0.6) is 0 Å². The van der Waals surface area contributed by atoms with Gasteiger partial charge in [-0.2, -0.15) is 0 Å². The predicted octanol–water partition coefficient (Wildman–Crippen LogP) is 3.39. The summed E-state index contributed by atoms with van der Waals surface area (Å²) in [6, 6.07) is 8.52. The molecular formula is C16H21N3O. The van der Waals surface area contributed by atoms with Gasteiger partial charge in [0.15, 0.2) is 6.29 Å². The molecule has 0 saturated heterocycles. The van der Waals surface area contributed by atoms with Crippen molar-refractivity contribution in [3.63, 3.8) is 0 Å². The zero-order valence-corrected chi connectivity index (χ0v) is 12.5. The van der Waals surface area contributed by atoms with E-state index in [1.807, 2.05) is 18.5 Å². The van der Waals surface area contributed by atoms with Crippen LogP contribution >= 0.6 is 0 Å². The summed E-state index contributed by atoms with van der Waals surface area (Å²) in [4.78, 5) is 11.0. The quantitative estimate of drug-likeness (QED) is 0.783. The number of benzene rings is 1. The van der Waals surface area contributed by atoms with Gasteiger partial charge in [0.1, 0.15) is 5.69 Å². The summed E-state index contributed by atoms with van der Waals surface area (Å²) in [5.41, 5.74) is 3.83. The molecule has 0 aliphatic rings. The summed E-state index contributed by atoms with van der Waals surface area (Å²) in [5.74, 6) is 0.753. The van der Waals surface area contributed by atoms with Crippen LogP contribution in [0.2, 0.25) is 0 Å². The fourth-order valence-electron chi connectivity index (χ4n) is 2.31. The highest BCUT2D eigenvalue weighted by atomic mass is 16.1. The van der Waals surface area contributed by atoms with Crippen LogP contribution in [0.25, 0.3) is 0 Å². The molecule has 2 aromatic rings. The fraction of sp³-hybridized carbons (Fsp3) is 0.438. The van der Waals surface area contributed by atoms with Gasteiger partial charge in [-0.25, -0.2) is 4.68 Å². The van der Waals surface area contributed by atoms with Gasteiger partial charge in [-0.1, -0.05) is 57.2 Å². The van der Waals surface area contributed by atoms with Crippen LogP contribution < -0.4 is 0 Å². The van der Waals surface area contributed by atoms with Crippen molar-refractivity contribution in [1.82, 2.24) is 15.0 Å². The molecule has 0 spiro atoms. The standard InChI is InChI=1S/C16H21N3O/c1-11(2)14-7-5-13(6-8-14)9-19-16(12(3)4)15(10-20)17-18-19/h5-8,10-12H,9H2,1-4H3. The zero-order chi connectivity index (χ0) is 14.7. The molecule has 106 valence electrons. The Hall–Kier alpha value is -1.97. The molecule has 0 aliphatic carbocycles. The lowest BCUT2D eigenvalue weighted by Crippen LogP contribution is -2.09. The van der Waals surface area contributed by atoms with E-state index in [1.165, 1.54) is 11.1 Å². The molecule has 1 aromatic carbocycles. The van der Waals surface area contributed by atoms with Crippen LogP contribution in [-0.2, 0) is 6.54 Å². The molecule has 2 rings (SSSR count). The van der Waals surface area contributed by atoms with Crippen LogP contribution in [-0.4, -0.2) is 21.3 Å². The van der Waals surface area contributed by atoms with Gasteiger partial charge in [-0.15, -0.1) is 5.10 Å². The Labute approximate surface area is 119 Å². The summed E-state index contributed by atoms with van der Waals surface area (Å²) in [6.07, 6.45) is 0.778. The van der Waals surface area contributed by atoms with Gasteiger partial charge in [-0.05, 0) is 23.0 Å². The number of hydrogen-bond donors (Lipinski definition) is 0. The van der Waals surface area contributed by atoms with E-state index < -0.39 is 0 Å². The van der Waals surface area contributed by atoms with Gasteiger partial charge < -0.3 is 0 Å². The number of carbonyl (C=O) groups is 1. The predicted molar refractivity (Wildman–Crippen MR) is 79.1 cm³/mol. The normalized spacial score (nSPS) is 11.3. The van der Waals surface area contributed by atoms with E-state index in [-0.39, 0.29) is 5.92 Å². The minimum Gasteiger partial charge on any atom is -0.296 e. The van der Waals surface area contributed by atoms with Gasteiger partial charge in [0.25, 0.3) is 0 Å². The monoisotopic (exact) mass is 271 g/mol. The Morgan fingerprint density at radius 3 is 2.25 bits per heavy atom. The molecule has 0 atom stereocenters. The topological polar surface area (TPSA) is 47.8 Å². The Kier molecular flexibility index (Phi) is 4.32. The number of hydrogen-bond acceptors (Lipinski definition) is 3. The zero-order valence-electron chi connectivity index (χ0n) is 12.5. The van der Waals surface area contributed by atoms with E-state index in [2.05, 4.69) is 48.4 Å². The van der Waals surface area contributed by atoms with Gasteiger partial charge in [0, 0.05) is 0 Å². The van der Waals surface area contributed by atoms with Gasteiger partial charge >= 0.3 is 0 Å².